The Bertz CT molecular complexity index is 498. The molecule has 0 bridgehead atoms. The maximum Gasteiger partial charge on any atom is 0.251 e. The quantitative estimate of drug-likeness (QED) is 0.640. The van der Waals surface area contributed by atoms with Crippen molar-refractivity contribution in [1.29, 1.82) is 0 Å². The average Bonchev–Trinajstić information content (AvgIpc) is 2.58. The molecule has 0 aliphatic carbocycles. The summed E-state index contributed by atoms with van der Waals surface area (Å²) < 4.78 is 0. The van der Waals surface area contributed by atoms with Crippen molar-refractivity contribution in [3.05, 3.63) is 29.8 Å². The van der Waals surface area contributed by atoms with E-state index in [0.29, 0.717) is 24.3 Å². The molecular weight excluding hydrogens is 292 g/mol. The molecule has 1 unspecified atom stereocenters. The second-order valence-electron chi connectivity index (χ2n) is 5.49. The number of nitrogens with two attached hydrogens (primary N) is 1. The predicted octanol–water partition coefficient (Wildman–Crippen LogP) is 1.29. The van der Waals surface area contributed by atoms with Gasteiger partial charge in [-0.1, -0.05) is 20.8 Å². The summed E-state index contributed by atoms with van der Waals surface area (Å²) >= 11 is 0. The molecular formula is C17H28N4O2. The minimum atomic E-state index is -0.238. The molecule has 0 aliphatic heterocycles. The Balaban J connectivity index is 2.49. The van der Waals surface area contributed by atoms with Gasteiger partial charge in [0.2, 0.25) is 5.91 Å². The number of anilines is 1. The molecule has 1 aromatic carbocycles. The van der Waals surface area contributed by atoms with Crippen LogP contribution in [-0.4, -0.2) is 49.4 Å². The standard InChI is InChI=1S/C17H28N4O2/c1-4-21(5-2)11-10-19-17(23)14-6-8-15(9-7-14)20-16(22)13(3)12-18/h6-9,13H,4-5,10-12,18H2,1-3H3,(H,19,23)(H,20,22). The highest BCUT2D eigenvalue weighted by Gasteiger charge is 2.11. The van der Waals surface area contributed by atoms with E-state index in [1.54, 1.807) is 31.2 Å². The first kappa shape index (κ1) is 19.1. The van der Waals surface area contributed by atoms with E-state index in [9.17, 15) is 9.59 Å². The average molecular weight is 320 g/mol. The van der Waals surface area contributed by atoms with Crippen LogP contribution in [0.15, 0.2) is 24.3 Å². The Morgan fingerprint density at radius 1 is 1.17 bits per heavy atom. The molecule has 1 rings (SSSR count). The van der Waals surface area contributed by atoms with Crippen LogP contribution >= 0.6 is 0 Å². The van der Waals surface area contributed by atoms with Crippen LogP contribution in [0.25, 0.3) is 0 Å². The first-order chi connectivity index (χ1) is 11.0. The van der Waals surface area contributed by atoms with Crippen molar-refractivity contribution in [1.82, 2.24) is 10.2 Å². The number of carbonyl (C=O) groups excluding carboxylic acids is 2. The van der Waals surface area contributed by atoms with Crippen LogP contribution in [0.1, 0.15) is 31.1 Å². The van der Waals surface area contributed by atoms with Gasteiger partial charge < -0.3 is 21.3 Å². The normalized spacial score (nSPS) is 12.0. The summed E-state index contributed by atoms with van der Waals surface area (Å²) in [5.41, 5.74) is 6.70. The van der Waals surface area contributed by atoms with E-state index in [1.165, 1.54) is 0 Å². The van der Waals surface area contributed by atoms with E-state index in [4.69, 9.17) is 5.73 Å². The zero-order valence-corrected chi connectivity index (χ0v) is 14.3. The van der Waals surface area contributed by atoms with E-state index in [-0.39, 0.29) is 17.7 Å². The number of rotatable bonds is 9. The van der Waals surface area contributed by atoms with Crippen LogP contribution in [0.2, 0.25) is 0 Å². The van der Waals surface area contributed by atoms with Gasteiger partial charge in [-0.05, 0) is 37.4 Å². The molecule has 0 spiro atoms. The maximum absolute atomic E-state index is 12.1. The summed E-state index contributed by atoms with van der Waals surface area (Å²) in [5, 5.41) is 5.68. The van der Waals surface area contributed by atoms with Crippen LogP contribution in [0.4, 0.5) is 5.69 Å². The predicted molar refractivity (Wildman–Crippen MR) is 93.4 cm³/mol. The summed E-state index contributed by atoms with van der Waals surface area (Å²) in [7, 11) is 0. The lowest BCUT2D eigenvalue weighted by atomic mass is 10.1. The summed E-state index contributed by atoms with van der Waals surface area (Å²) in [6.07, 6.45) is 0. The summed E-state index contributed by atoms with van der Waals surface area (Å²) in [6.45, 7) is 9.68. The van der Waals surface area contributed by atoms with E-state index in [1.807, 2.05) is 0 Å². The number of amides is 2. The lowest BCUT2D eigenvalue weighted by Crippen LogP contribution is -2.34. The summed E-state index contributed by atoms with van der Waals surface area (Å²) in [4.78, 5) is 26.1. The van der Waals surface area contributed by atoms with Crippen LogP contribution in [0.5, 0.6) is 0 Å². The highest BCUT2D eigenvalue weighted by Crippen LogP contribution is 2.11. The molecule has 0 saturated heterocycles. The fourth-order valence-electron chi connectivity index (χ4n) is 2.05. The maximum atomic E-state index is 12.1. The van der Waals surface area contributed by atoms with Crippen molar-refractivity contribution in [2.75, 3.05) is 38.0 Å². The number of nitrogens with one attached hydrogen (secondary N) is 2. The Morgan fingerprint density at radius 3 is 2.30 bits per heavy atom. The minimum absolute atomic E-state index is 0.106. The van der Waals surface area contributed by atoms with E-state index in [2.05, 4.69) is 29.4 Å². The van der Waals surface area contributed by atoms with E-state index in [0.717, 1.165) is 19.6 Å². The molecule has 4 N–H and O–H groups in total. The topological polar surface area (TPSA) is 87.5 Å². The zero-order valence-electron chi connectivity index (χ0n) is 14.3. The Hall–Kier alpha value is -1.92. The fraction of sp³-hybridized carbons (Fsp3) is 0.529. The van der Waals surface area contributed by atoms with Crippen LogP contribution < -0.4 is 16.4 Å². The molecule has 0 aliphatic rings. The monoisotopic (exact) mass is 320 g/mol. The molecule has 1 atom stereocenters. The van der Waals surface area contributed by atoms with Crippen molar-refractivity contribution in [3.63, 3.8) is 0 Å². The number of nitrogens with zero attached hydrogens (tertiary/aromatic N) is 1. The van der Waals surface area contributed by atoms with Crippen LogP contribution in [-0.2, 0) is 4.79 Å². The number of hydrogen-bond donors (Lipinski definition) is 3. The summed E-state index contributed by atoms with van der Waals surface area (Å²) in [5.74, 6) is -0.465. The van der Waals surface area contributed by atoms with Crippen molar-refractivity contribution < 1.29 is 9.59 Å². The van der Waals surface area contributed by atoms with Gasteiger partial charge in [0.15, 0.2) is 0 Å². The molecule has 0 saturated carbocycles. The van der Waals surface area contributed by atoms with Gasteiger partial charge in [0.25, 0.3) is 5.91 Å². The first-order valence-electron chi connectivity index (χ1n) is 8.13. The van der Waals surface area contributed by atoms with Gasteiger partial charge in [0, 0.05) is 36.8 Å². The van der Waals surface area contributed by atoms with Gasteiger partial charge in [-0.15, -0.1) is 0 Å². The largest absolute Gasteiger partial charge is 0.351 e. The number of benzene rings is 1. The highest BCUT2D eigenvalue weighted by molar-refractivity contribution is 5.96. The van der Waals surface area contributed by atoms with Crippen molar-refractivity contribution in [3.8, 4) is 0 Å². The van der Waals surface area contributed by atoms with Crippen LogP contribution in [0, 0.1) is 5.92 Å². The van der Waals surface area contributed by atoms with Gasteiger partial charge in [0.1, 0.15) is 0 Å². The van der Waals surface area contributed by atoms with Gasteiger partial charge >= 0.3 is 0 Å². The second-order valence-corrected chi connectivity index (χ2v) is 5.49. The lowest BCUT2D eigenvalue weighted by Gasteiger charge is -2.18. The third-order valence-corrected chi connectivity index (χ3v) is 3.82. The molecule has 6 heteroatoms. The van der Waals surface area contributed by atoms with Gasteiger partial charge in [-0.3, -0.25) is 9.59 Å². The Morgan fingerprint density at radius 2 is 1.78 bits per heavy atom. The molecule has 0 aromatic heterocycles. The number of carbonyl (C=O) groups is 2. The van der Waals surface area contributed by atoms with Gasteiger partial charge in [-0.2, -0.15) is 0 Å². The number of likely N-dealkylation sites (N-methyl/N-ethyl adjacent to an activating group) is 1. The first-order valence-corrected chi connectivity index (χ1v) is 8.13. The van der Waals surface area contributed by atoms with Crippen molar-refractivity contribution >= 4 is 17.5 Å². The van der Waals surface area contributed by atoms with Gasteiger partial charge in [-0.25, -0.2) is 0 Å². The molecule has 2 amide bonds. The molecule has 128 valence electrons. The van der Waals surface area contributed by atoms with E-state index >= 15 is 0 Å². The third kappa shape index (κ3) is 6.38. The highest BCUT2D eigenvalue weighted by atomic mass is 16.2. The SMILES string of the molecule is CCN(CC)CCNC(=O)c1ccc(NC(=O)C(C)CN)cc1. The third-order valence-electron chi connectivity index (χ3n) is 3.82. The molecule has 0 fully saturated rings. The van der Waals surface area contributed by atoms with Crippen molar-refractivity contribution in [2.45, 2.75) is 20.8 Å². The zero-order chi connectivity index (χ0) is 17.2. The van der Waals surface area contributed by atoms with Gasteiger partial charge in [0.05, 0.1) is 0 Å². The number of hydrogen-bond acceptors (Lipinski definition) is 4. The lowest BCUT2D eigenvalue weighted by molar-refractivity contribution is -0.119. The molecule has 0 radical (unpaired) electrons. The van der Waals surface area contributed by atoms with Crippen molar-refractivity contribution in [2.24, 2.45) is 11.7 Å². The fourth-order valence-corrected chi connectivity index (χ4v) is 2.05. The molecule has 1 aromatic rings. The van der Waals surface area contributed by atoms with E-state index < -0.39 is 0 Å². The molecule has 0 heterocycles. The molecule has 6 nitrogen and oxygen atoms in total. The van der Waals surface area contributed by atoms with Crippen LogP contribution in [0.3, 0.4) is 0 Å². The minimum Gasteiger partial charge on any atom is -0.351 e. The smallest absolute Gasteiger partial charge is 0.251 e. The summed E-state index contributed by atoms with van der Waals surface area (Å²) in [6, 6.07) is 6.85. The second kappa shape index (κ2) is 9.97. The Kier molecular flexibility index (Phi) is 8.29. The molecule has 23 heavy (non-hydrogen) atoms. The Labute approximate surface area is 138 Å².